The van der Waals surface area contributed by atoms with Crippen LogP contribution in [0.25, 0.3) is 0 Å². The monoisotopic (exact) mass is 212 g/mol. The van der Waals surface area contributed by atoms with Gasteiger partial charge >= 0.3 is 0 Å². The van der Waals surface area contributed by atoms with Crippen LogP contribution in [0.3, 0.4) is 0 Å². The van der Waals surface area contributed by atoms with E-state index in [9.17, 15) is 4.79 Å². The molecule has 1 rings (SSSR count). The number of carbonyl (C=O) groups excluding carboxylic acids is 1. The summed E-state index contributed by atoms with van der Waals surface area (Å²) in [6, 6.07) is 0. The summed E-state index contributed by atoms with van der Waals surface area (Å²) in [6.07, 6.45) is 3.26. The first kappa shape index (κ1) is 12.7. The largest absolute Gasteiger partial charge is 0.309 e. The van der Waals surface area contributed by atoms with E-state index in [4.69, 9.17) is 0 Å². The van der Waals surface area contributed by atoms with Gasteiger partial charge in [0.05, 0.1) is 0 Å². The fourth-order valence-electron chi connectivity index (χ4n) is 2.06. The third-order valence-corrected chi connectivity index (χ3v) is 3.09. The predicted molar refractivity (Wildman–Crippen MR) is 63.0 cm³/mol. The van der Waals surface area contributed by atoms with E-state index in [1.165, 1.54) is 19.4 Å². The molecule has 1 aliphatic heterocycles. The van der Waals surface area contributed by atoms with Gasteiger partial charge in [-0.15, -0.1) is 0 Å². The lowest BCUT2D eigenvalue weighted by atomic mass is 9.98. The van der Waals surface area contributed by atoms with Crippen LogP contribution in [0.1, 0.15) is 26.2 Å². The molecule has 0 aliphatic carbocycles. The lowest BCUT2D eigenvalue weighted by Crippen LogP contribution is -2.40. The number of ketones is 1. The molecule has 88 valence electrons. The van der Waals surface area contributed by atoms with E-state index in [0.717, 1.165) is 26.1 Å². The van der Waals surface area contributed by atoms with E-state index < -0.39 is 0 Å². The van der Waals surface area contributed by atoms with Gasteiger partial charge in [0, 0.05) is 25.4 Å². The van der Waals surface area contributed by atoms with Crippen molar-refractivity contribution in [1.29, 1.82) is 0 Å². The quantitative estimate of drug-likeness (QED) is 0.641. The maximum absolute atomic E-state index is 11.3. The second-order valence-corrected chi connectivity index (χ2v) is 4.93. The third-order valence-electron chi connectivity index (χ3n) is 3.09. The summed E-state index contributed by atoms with van der Waals surface area (Å²) in [5.41, 5.74) is 0. The standard InChI is InChI=1S/C12H24N2O/c1-11-10-14(9-6-12(11)15)8-5-4-7-13(2)3/h11H,4-10H2,1-3H3. The maximum atomic E-state index is 11.3. The first-order valence-electron chi connectivity index (χ1n) is 5.99. The molecule has 1 saturated heterocycles. The van der Waals surface area contributed by atoms with Crippen molar-refractivity contribution in [3.05, 3.63) is 0 Å². The molecule has 3 heteroatoms. The normalized spacial score (nSPS) is 23.7. The van der Waals surface area contributed by atoms with Crippen molar-refractivity contribution in [2.75, 3.05) is 40.3 Å². The van der Waals surface area contributed by atoms with Crippen molar-refractivity contribution in [2.24, 2.45) is 5.92 Å². The molecule has 0 aromatic heterocycles. The zero-order chi connectivity index (χ0) is 11.3. The fraction of sp³-hybridized carbons (Fsp3) is 0.917. The third kappa shape index (κ3) is 4.76. The van der Waals surface area contributed by atoms with E-state index >= 15 is 0 Å². The minimum Gasteiger partial charge on any atom is -0.309 e. The number of hydrogen-bond acceptors (Lipinski definition) is 3. The lowest BCUT2D eigenvalue weighted by molar-refractivity contribution is -0.125. The summed E-state index contributed by atoms with van der Waals surface area (Å²) in [4.78, 5) is 16.0. The summed E-state index contributed by atoms with van der Waals surface area (Å²) < 4.78 is 0. The molecule has 0 aromatic rings. The molecule has 0 radical (unpaired) electrons. The van der Waals surface area contributed by atoms with Gasteiger partial charge in [0.1, 0.15) is 5.78 Å². The SMILES string of the molecule is CC1CN(CCCCN(C)C)CCC1=O. The molecule has 0 N–H and O–H groups in total. The van der Waals surface area contributed by atoms with Gasteiger partial charge in [-0.1, -0.05) is 6.92 Å². The highest BCUT2D eigenvalue weighted by atomic mass is 16.1. The van der Waals surface area contributed by atoms with Crippen molar-refractivity contribution in [3.63, 3.8) is 0 Å². The van der Waals surface area contributed by atoms with Crippen molar-refractivity contribution < 1.29 is 4.79 Å². The summed E-state index contributed by atoms with van der Waals surface area (Å²) in [5, 5.41) is 0. The van der Waals surface area contributed by atoms with E-state index in [-0.39, 0.29) is 5.92 Å². The highest BCUT2D eigenvalue weighted by Crippen LogP contribution is 2.12. The van der Waals surface area contributed by atoms with Crippen LogP contribution >= 0.6 is 0 Å². The summed E-state index contributed by atoms with van der Waals surface area (Å²) in [7, 11) is 4.23. The van der Waals surface area contributed by atoms with Crippen molar-refractivity contribution in [3.8, 4) is 0 Å². The van der Waals surface area contributed by atoms with Crippen LogP contribution in [0.15, 0.2) is 0 Å². The second-order valence-electron chi connectivity index (χ2n) is 4.93. The summed E-state index contributed by atoms with van der Waals surface area (Å²) in [6.45, 7) is 6.33. The van der Waals surface area contributed by atoms with Gasteiger partial charge in [0.2, 0.25) is 0 Å². The molecule has 1 fully saturated rings. The van der Waals surface area contributed by atoms with Gasteiger partial charge in [0.25, 0.3) is 0 Å². The molecule has 0 amide bonds. The van der Waals surface area contributed by atoms with Crippen molar-refractivity contribution in [1.82, 2.24) is 9.80 Å². The number of rotatable bonds is 5. The first-order chi connectivity index (χ1) is 7.09. The van der Waals surface area contributed by atoms with Gasteiger partial charge in [-0.05, 0) is 40.0 Å². The number of unbranched alkanes of at least 4 members (excludes halogenated alkanes) is 1. The van der Waals surface area contributed by atoms with E-state index in [1.807, 2.05) is 6.92 Å². The Morgan fingerprint density at radius 1 is 1.40 bits per heavy atom. The van der Waals surface area contributed by atoms with E-state index in [0.29, 0.717) is 5.78 Å². The van der Waals surface area contributed by atoms with Gasteiger partial charge in [0.15, 0.2) is 0 Å². The topological polar surface area (TPSA) is 23.6 Å². The van der Waals surface area contributed by atoms with Crippen LogP contribution in [-0.4, -0.2) is 55.9 Å². The number of carbonyl (C=O) groups is 1. The molecule has 1 heterocycles. The average molecular weight is 212 g/mol. The Kier molecular flexibility index (Phi) is 5.26. The number of piperidine rings is 1. The molecular weight excluding hydrogens is 188 g/mol. The Labute approximate surface area is 93.4 Å². The molecule has 1 atom stereocenters. The zero-order valence-corrected chi connectivity index (χ0v) is 10.3. The highest BCUT2D eigenvalue weighted by Gasteiger charge is 2.22. The molecule has 1 unspecified atom stereocenters. The Bertz CT molecular complexity index is 204. The summed E-state index contributed by atoms with van der Waals surface area (Å²) in [5.74, 6) is 0.701. The fourth-order valence-corrected chi connectivity index (χ4v) is 2.06. The van der Waals surface area contributed by atoms with Crippen LogP contribution in [0, 0.1) is 5.92 Å². The summed E-state index contributed by atoms with van der Waals surface area (Å²) >= 11 is 0. The molecule has 0 spiro atoms. The number of Topliss-reactive ketones (excluding diaryl/α,β-unsaturated/α-hetero) is 1. The Hall–Kier alpha value is -0.410. The zero-order valence-electron chi connectivity index (χ0n) is 10.3. The van der Waals surface area contributed by atoms with Gasteiger partial charge < -0.3 is 9.80 Å². The minimum absolute atomic E-state index is 0.257. The van der Waals surface area contributed by atoms with Gasteiger partial charge in [-0.25, -0.2) is 0 Å². The van der Waals surface area contributed by atoms with Crippen LogP contribution in [0.5, 0.6) is 0 Å². The lowest BCUT2D eigenvalue weighted by Gasteiger charge is -2.29. The van der Waals surface area contributed by atoms with Crippen LogP contribution in [0.2, 0.25) is 0 Å². The van der Waals surface area contributed by atoms with E-state index in [2.05, 4.69) is 23.9 Å². The smallest absolute Gasteiger partial charge is 0.138 e. The highest BCUT2D eigenvalue weighted by molar-refractivity contribution is 5.81. The first-order valence-corrected chi connectivity index (χ1v) is 5.99. The molecule has 3 nitrogen and oxygen atoms in total. The van der Waals surface area contributed by atoms with Crippen LogP contribution in [-0.2, 0) is 4.79 Å². The molecular formula is C12H24N2O. The molecule has 0 saturated carbocycles. The maximum Gasteiger partial charge on any atom is 0.138 e. The van der Waals surface area contributed by atoms with E-state index in [1.54, 1.807) is 0 Å². The predicted octanol–water partition coefficient (Wildman–Crippen LogP) is 1.24. The molecule has 1 aliphatic rings. The number of nitrogens with zero attached hydrogens (tertiary/aromatic N) is 2. The number of likely N-dealkylation sites (tertiary alicyclic amines) is 1. The molecule has 15 heavy (non-hydrogen) atoms. The van der Waals surface area contributed by atoms with Gasteiger partial charge in [-0.3, -0.25) is 4.79 Å². The Morgan fingerprint density at radius 3 is 2.73 bits per heavy atom. The molecule has 0 aromatic carbocycles. The average Bonchev–Trinajstić information content (AvgIpc) is 2.18. The van der Waals surface area contributed by atoms with Gasteiger partial charge in [-0.2, -0.15) is 0 Å². The minimum atomic E-state index is 0.257. The molecule has 0 bridgehead atoms. The van der Waals surface area contributed by atoms with Crippen LogP contribution < -0.4 is 0 Å². The second kappa shape index (κ2) is 6.23. The van der Waals surface area contributed by atoms with Crippen molar-refractivity contribution in [2.45, 2.75) is 26.2 Å². The Morgan fingerprint density at radius 2 is 2.13 bits per heavy atom. The van der Waals surface area contributed by atoms with Crippen molar-refractivity contribution >= 4 is 5.78 Å². The Balaban J connectivity index is 2.09. The number of hydrogen-bond donors (Lipinski definition) is 0. The van der Waals surface area contributed by atoms with Crippen LogP contribution in [0.4, 0.5) is 0 Å².